The van der Waals surface area contributed by atoms with Crippen LogP contribution in [0.4, 0.5) is 5.69 Å². The van der Waals surface area contributed by atoms with Crippen LogP contribution in [0.2, 0.25) is 0 Å². The second-order valence-corrected chi connectivity index (χ2v) is 8.14. The number of nitrogens with zero attached hydrogens (tertiary/aromatic N) is 1. The molecule has 2 aromatic carbocycles. The number of aromatic amines is 1. The number of carbonyl (C=O) groups excluding carboxylic acids is 1. The molecule has 0 aliphatic carbocycles. The fourth-order valence-corrected chi connectivity index (χ4v) is 4.29. The van der Waals surface area contributed by atoms with Crippen molar-refractivity contribution in [2.75, 3.05) is 5.32 Å². The van der Waals surface area contributed by atoms with E-state index in [0.717, 1.165) is 21.9 Å². The summed E-state index contributed by atoms with van der Waals surface area (Å²) in [5.41, 5.74) is 0.347. The molecular weight excluding hydrogens is 418 g/mol. The van der Waals surface area contributed by atoms with Crippen LogP contribution in [-0.2, 0) is 17.8 Å². The van der Waals surface area contributed by atoms with Crippen molar-refractivity contribution < 1.29 is 9.53 Å². The Labute approximate surface area is 181 Å². The predicted octanol–water partition coefficient (Wildman–Crippen LogP) is 5.11. The van der Waals surface area contributed by atoms with E-state index < -0.39 is 0 Å². The molecule has 0 saturated carbocycles. The van der Waals surface area contributed by atoms with Gasteiger partial charge in [-0.1, -0.05) is 25.1 Å². The first-order chi connectivity index (χ1) is 14.5. The Hall–Kier alpha value is -3.23. The number of ether oxygens (including phenoxy) is 1. The average Bonchev–Trinajstić information content (AvgIpc) is 3.16. The molecule has 6 nitrogen and oxygen atoms in total. The van der Waals surface area contributed by atoms with E-state index in [2.05, 4.69) is 10.3 Å². The Morgan fingerprint density at radius 3 is 2.53 bits per heavy atom. The SMILES string of the molecule is CCc1cc2c(=O)n(CC(=O)Nc3ccc(Oc4ccccc4)cc3)c(=S)[nH]c2s1. The van der Waals surface area contributed by atoms with Crippen LogP contribution in [0.1, 0.15) is 11.8 Å². The summed E-state index contributed by atoms with van der Waals surface area (Å²) < 4.78 is 7.26. The molecule has 0 spiro atoms. The summed E-state index contributed by atoms with van der Waals surface area (Å²) in [7, 11) is 0. The van der Waals surface area contributed by atoms with Crippen molar-refractivity contribution in [1.82, 2.24) is 9.55 Å². The molecule has 4 aromatic rings. The Bertz CT molecular complexity index is 1310. The highest BCUT2D eigenvalue weighted by Gasteiger charge is 2.12. The lowest BCUT2D eigenvalue weighted by Crippen LogP contribution is -2.28. The number of hydrogen-bond acceptors (Lipinski definition) is 5. The number of carbonyl (C=O) groups is 1. The molecule has 8 heteroatoms. The van der Waals surface area contributed by atoms with Gasteiger partial charge in [0.05, 0.1) is 5.39 Å². The van der Waals surface area contributed by atoms with E-state index in [1.54, 1.807) is 24.3 Å². The van der Waals surface area contributed by atoms with E-state index in [0.29, 0.717) is 16.8 Å². The molecule has 0 atom stereocenters. The molecule has 2 heterocycles. The van der Waals surface area contributed by atoms with Crippen molar-refractivity contribution in [3.8, 4) is 11.5 Å². The summed E-state index contributed by atoms with van der Waals surface area (Å²) in [4.78, 5) is 30.2. The number of amides is 1. The molecule has 0 unspecified atom stereocenters. The lowest BCUT2D eigenvalue weighted by molar-refractivity contribution is -0.116. The number of H-pyrrole nitrogens is 1. The summed E-state index contributed by atoms with van der Waals surface area (Å²) in [6.45, 7) is 1.87. The van der Waals surface area contributed by atoms with Crippen LogP contribution in [-0.4, -0.2) is 15.5 Å². The maximum Gasteiger partial charge on any atom is 0.263 e. The van der Waals surface area contributed by atoms with Crippen LogP contribution in [0.5, 0.6) is 11.5 Å². The third-order valence-electron chi connectivity index (χ3n) is 4.49. The van der Waals surface area contributed by atoms with Crippen LogP contribution < -0.4 is 15.6 Å². The largest absolute Gasteiger partial charge is 0.457 e. The summed E-state index contributed by atoms with van der Waals surface area (Å²) in [6, 6.07) is 18.3. The highest BCUT2D eigenvalue weighted by Crippen LogP contribution is 2.23. The minimum Gasteiger partial charge on any atom is -0.457 e. The second kappa shape index (κ2) is 8.64. The fraction of sp³-hybridized carbons (Fsp3) is 0.136. The van der Waals surface area contributed by atoms with E-state index in [-0.39, 0.29) is 22.8 Å². The van der Waals surface area contributed by atoms with Crippen LogP contribution in [0.3, 0.4) is 0 Å². The molecule has 0 aliphatic heterocycles. The minimum atomic E-state index is -0.335. The molecule has 0 radical (unpaired) electrons. The van der Waals surface area contributed by atoms with E-state index in [9.17, 15) is 9.59 Å². The number of benzene rings is 2. The van der Waals surface area contributed by atoms with Gasteiger partial charge in [0.1, 0.15) is 22.9 Å². The van der Waals surface area contributed by atoms with Gasteiger partial charge in [-0.15, -0.1) is 11.3 Å². The first-order valence-corrected chi connectivity index (χ1v) is 10.6. The van der Waals surface area contributed by atoms with Crippen LogP contribution >= 0.6 is 23.6 Å². The van der Waals surface area contributed by atoms with Gasteiger partial charge in [-0.25, -0.2) is 0 Å². The number of para-hydroxylation sites is 1. The van der Waals surface area contributed by atoms with Crippen LogP contribution in [0, 0.1) is 4.77 Å². The van der Waals surface area contributed by atoms with Gasteiger partial charge >= 0.3 is 0 Å². The predicted molar refractivity (Wildman–Crippen MR) is 122 cm³/mol. The molecule has 30 heavy (non-hydrogen) atoms. The van der Waals surface area contributed by atoms with E-state index in [1.165, 1.54) is 15.9 Å². The molecule has 1 amide bonds. The van der Waals surface area contributed by atoms with Crippen molar-refractivity contribution in [3.63, 3.8) is 0 Å². The lowest BCUT2D eigenvalue weighted by Gasteiger charge is -2.09. The number of aryl methyl sites for hydroxylation is 1. The van der Waals surface area contributed by atoms with Gasteiger partial charge in [-0.05, 0) is 61.1 Å². The lowest BCUT2D eigenvalue weighted by atomic mass is 10.3. The highest BCUT2D eigenvalue weighted by atomic mass is 32.1. The van der Waals surface area contributed by atoms with Crippen LogP contribution in [0.25, 0.3) is 10.2 Å². The topological polar surface area (TPSA) is 76.1 Å². The van der Waals surface area contributed by atoms with Crippen molar-refractivity contribution >= 4 is 45.4 Å². The zero-order valence-corrected chi connectivity index (χ0v) is 17.8. The van der Waals surface area contributed by atoms with Crippen molar-refractivity contribution in [1.29, 1.82) is 0 Å². The Morgan fingerprint density at radius 2 is 1.83 bits per heavy atom. The highest BCUT2D eigenvalue weighted by molar-refractivity contribution is 7.71. The van der Waals surface area contributed by atoms with Gasteiger partial charge in [0, 0.05) is 10.6 Å². The Kier molecular flexibility index (Phi) is 5.78. The molecular formula is C22H19N3O3S2. The van der Waals surface area contributed by atoms with Gasteiger partial charge < -0.3 is 15.0 Å². The molecule has 2 aromatic heterocycles. The minimum absolute atomic E-state index is 0.163. The summed E-state index contributed by atoms with van der Waals surface area (Å²) in [6.07, 6.45) is 0.837. The number of thiophene rings is 1. The first-order valence-electron chi connectivity index (χ1n) is 9.42. The van der Waals surface area contributed by atoms with Crippen molar-refractivity contribution in [2.45, 2.75) is 19.9 Å². The standard InChI is InChI=1S/C22H19N3O3S2/c1-2-17-12-18-20(30-17)24-22(29)25(21(18)27)13-19(26)23-14-8-10-16(11-9-14)28-15-6-4-3-5-7-15/h3-12H,2,13H2,1H3,(H,23,26)(H,24,29). The third-order valence-corrected chi connectivity index (χ3v) is 6.01. The molecule has 0 fully saturated rings. The van der Waals surface area contributed by atoms with Gasteiger partial charge in [0.2, 0.25) is 5.91 Å². The molecule has 0 saturated heterocycles. The molecule has 4 rings (SSSR count). The number of hydrogen-bond donors (Lipinski definition) is 2. The fourth-order valence-electron chi connectivity index (χ4n) is 2.99. The number of nitrogens with one attached hydrogen (secondary N) is 2. The molecule has 0 bridgehead atoms. The van der Waals surface area contributed by atoms with Crippen molar-refractivity contribution in [3.05, 3.63) is 80.7 Å². The van der Waals surface area contributed by atoms with E-state index in [1.807, 2.05) is 43.3 Å². The Balaban J connectivity index is 1.47. The normalized spacial score (nSPS) is 10.8. The molecule has 0 aliphatic rings. The van der Waals surface area contributed by atoms with Gasteiger partial charge in [-0.2, -0.15) is 0 Å². The maximum atomic E-state index is 12.8. The van der Waals surface area contributed by atoms with E-state index in [4.69, 9.17) is 17.0 Å². The van der Waals surface area contributed by atoms with Gasteiger partial charge in [0.15, 0.2) is 4.77 Å². The van der Waals surface area contributed by atoms with Gasteiger partial charge in [-0.3, -0.25) is 14.2 Å². The summed E-state index contributed by atoms with van der Waals surface area (Å²) >= 11 is 6.80. The van der Waals surface area contributed by atoms with Crippen molar-refractivity contribution in [2.24, 2.45) is 0 Å². The number of fused-ring (bicyclic) bond motifs is 1. The maximum absolute atomic E-state index is 12.8. The number of anilines is 1. The van der Waals surface area contributed by atoms with Crippen LogP contribution in [0.15, 0.2) is 65.5 Å². The molecule has 2 N–H and O–H groups in total. The smallest absolute Gasteiger partial charge is 0.263 e. The Morgan fingerprint density at radius 1 is 1.13 bits per heavy atom. The second-order valence-electron chi connectivity index (χ2n) is 6.62. The third kappa shape index (κ3) is 4.34. The summed E-state index contributed by atoms with van der Waals surface area (Å²) in [5.74, 6) is 1.06. The average molecular weight is 438 g/mol. The molecule has 152 valence electrons. The zero-order valence-electron chi connectivity index (χ0n) is 16.2. The van der Waals surface area contributed by atoms with E-state index >= 15 is 0 Å². The number of rotatable bonds is 6. The summed E-state index contributed by atoms with van der Waals surface area (Å²) in [5, 5.41) is 3.34. The van der Waals surface area contributed by atoms with Gasteiger partial charge in [0.25, 0.3) is 5.56 Å². The number of aromatic nitrogens is 2. The monoisotopic (exact) mass is 437 g/mol. The zero-order chi connectivity index (χ0) is 21.1. The first kappa shape index (κ1) is 20.1. The quantitative estimate of drug-likeness (QED) is 0.411.